The molecule has 0 N–H and O–H groups in total. The van der Waals surface area contributed by atoms with Crippen molar-refractivity contribution in [3.8, 4) is 0 Å². The first-order chi connectivity index (χ1) is 8.06. The smallest absolute Gasteiger partial charge is 0.316 e. The van der Waals surface area contributed by atoms with Crippen LogP contribution in [0.15, 0.2) is 12.7 Å². The Bertz CT molecular complexity index is 311. The first-order valence-electron chi connectivity index (χ1n) is 6.02. The molecule has 4 nitrogen and oxygen atoms in total. The molecule has 0 aliphatic heterocycles. The van der Waals surface area contributed by atoms with Gasteiger partial charge in [-0.15, -0.1) is 6.58 Å². The second-order valence-electron chi connectivity index (χ2n) is 4.36. The lowest BCUT2D eigenvalue weighted by molar-refractivity contribution is -0.169. The van der Waals surface area contributed by atoms with Crippen LogP contribution in [-0.2, 0) is 19.1 Å². The highest BCUT2D eigenvalue weighted by molar-refractivity contribution is 5.79. The summed E-state index contributed by atoms with van der Waals surface area (Å²) in [5.74, 6) is -0.627. The predicted octanol–water partition coefficient (Wildman–Crippen LogP) is 2.23. The first kappa shape index (κ1) is 13.7. The molecule has 0 saturated heterocycles. The molecule has 96 valence electrons. The monoisotopic (exact) mass is 240 g/mol. The minimum Gasteiger partial charge on any atom is -0.465 e. The van der Waals surface area contributed by atoms with E-state index in [9.17, 15) is 9.59 Å². The molecule has 0 unspecified atom stereocenters. The lowest BCUT2D eigenvalue weighted by atomic mass is 9.80. The number of rotatable bonds is 5. The molecule has 2 atom stereocenters. The normalized spacial score (nSPS) is 27.5. The standard InChI is InChI=1S/C13H20O4/c1-4-8-13(12(15)16-5-2)9-6-7-11(13)17-10(3)14/h4,11H,1,5-9H2,2-3H3/t11-,13+/m1/s1. The third-order valence-corrected chi connectivity index (χ3v) is 3.20. The van der Waals surface area contributed by atoms with Crippen LogP contribution in [0.4, 0.5) is 0 Å². The first-order valence-corrected chi connectivity index (χ1v) is 6.02. The van der Waals surface area contributed by atoms with Crippen molar-refractivity contribution in [1.29, 1.82) is 0 Å². The molecule has 0 aromatic rings. The highest BCUT2D eigenvalue weighted by atomic mass is 16.6. The second kappa shape index (κ2) is 5.84. The van der Waals surface area contributed by atoms with Crippen LogP contribution in [0.2, 0.25) is 0 Å². The summed E-state index contributed by atoms with van der Waals surface area (Å²) in [6.07, 6.45) is 4.08. The number of carbonyl (C=O) groups is 2. The Morgan fingerprint density at radius 2 is 2.24 bits per heavy atom. The molecule has 1 fully saturated rings. The van der Waals surface area contributed by atoms with E-state index >= 15 is 0 Å². The van der Waals surface area contributed by atoms with Gasteiger partial charge in [0.05, 0.1) is 6.61 Å². The molecule has 0 aromatic heterocycles. The van der Waals surface area contributed by atoms with Gasteiger partial charge in [-0.25, -0.2) is 0 Å². The van der Waals surface area contributed by atoms with Gasteiger partial charge in [-0.3, -0.25) is 9.59 Å². The summed E-state index contributed by atoms with van der Waals surface area (Å²) < 4.78 is 10.4. The number of hydrogen-bond acceptors (Lipinski definition) is 4. The van der Waals surface area contributed by atoms with E-state index in [1.54, 1.807) is 13.0 Å². The van der Waals surface area contributed by atoms with E-state index in [0.717, 1.165) is 6.42 Å². The van der Waals surface area contributed by atoms with Crippen LogP contribution < -0.4 is 0 Å². The van der Waals surface area contributed by atoms with Crippen LogP contribution in [0.5, 0.6) is 0 Å². The third-order valence-electron chi connectivity index (χ3n) is 3.20. The van der Waals surface area contributed by atoms with Gasteiger partial charge in [0.2, 0.25) is 0 Å². The molecule has 0 heterocycles. The average molecular weight is 240 g/mol. The molecule has 0 radical (unpaired) electrons. The molecule has 1 aliphatic carbocycles. The van der Waals surface area contributed by atoms with Crippen molar-refractivity contribution in [2.75, 3.05) is 6.61 Å². The van der Waals surface area contributed by atoms with E-state index in [0.29, 0.717) is 25.9 Å². The van der Waals surface area contributed by atoms with Crippen molar-refractivity contribution in [3.05, 3.63) is 12.7 Å². The van der Waals surface area contributed by atoms with Gasteiger partial charge in [0.15, 0.2) is 0 Å². The van der Waals surface area contributed by atoms with Crippen LogP contribution in [0.3, 0.4) is 0 Å². The Morgan fingerprint density at radius 1 is 1.53 bits per heavy atom. The Labute approximate surface area is 102 Å². The zero-order chi connectivity index (χ0) is 12.9. The maximum absolute atomic E-state index is 12.1. The number of esters is 2. The minimum atomic E-state index is -0.719. The topological polar surface area (TPSA) is 52.6 Å². The molecular weight excluding hydrogens is 220 g/mol. The van der Waals surface area contributed by atoms with Crippen molar-refractivity contribution in [3.63, 3.8) is 0 Å². The van der Waals surface area contributed by atoms with E-state index < -0.39 is 5.41 Å². The van der Waals surface area contributed by atoms with E-state index in [1.165, 1.54) is 6.92 Å². The van der Waals surface area contributed by atoms with Crippen LogP contribution >= 0.6 is 0 Å². The van der Waals surface area contributed by atoms with Crippen molar-refractivity contribution < 1.29 is 19.1 Å². The molecule has 0 aromatic carbocycles. The molecule has 1 aliphatic rings. The molecule has 0 bridgehead atoms. The van der Waals surface area contributed by atoms with Crippen molar-refractivity contribution in [1.82, 2.24) is 0 Å². The van der Waals surface area contributed by atoms with E-state index in [1.807, 2.05) is 0 Å². The van der Waals surface area contributed by atoms with Gasteiger partial charge >= 0.3 is 11.9 Å². The molecule has 1 rings (SSSR count). The fraction of sp³-hybridized carbons (Fsp3) is 0.692. The van der Waals surface area contributed by atoms with Crippen LogP contribution in [-0.4, -0.2) is 24.6 Å². The van der Waals surface area contributed by atoms with E-state index in [2.05, 4.69) is 6.58 Å². The number of ether oxygens (including phenoxy) is 2. The SMILES string of the molecule is C=CC[C@]1(C(=O)OCC)CCC[C@H]1OC(C)=O. The molecule has 4 heteroatoms. The quantitative estimate of drug-likeness (QED) is 0.546. The molecule has 0 amide bonds. The summed E-state index contributed by atoms with van der Waals surface area (Å²) >= 11 is 0. The third kappa shape index (κ3) is 2.87. The van der Waals surface area contributed by atoms with Gasteiger partial charge in [-0.05, 0) is 32.6 Å². The van der Waals surface area contributed by atoms with Crippen LogP contribution in [0, 0.1) is 5.41 Å². The summed E-state index contributed by atoms with van der Waals surface area (Å²) in [6.45, 7) is 7.15. The molecule has 17 heavy (non-hydrogen) atoms. The summed E-state index contributed by atoms with van der Waals surface area (Å²) in [6, 6.07) is 0. The lowest BCUT2D eigenvalue weighted by Crippen LogP contribution is -2.41. The Kier molecular flexibility index (Phi) is 4.73. The average Bonchev–Trinajstić information content (AvgIpc) is 2.63. The minimum absolute atomic E-state index is 0.274. The summed E-state index contributed by atoms with van der Waals surface area (Å²) in [5.41, 5.74) is -0.719. The van der Waals surface area contributed by atoms with Crippen molar-refractivity contribution >= 4 is 11.9 Å². The largest absolute Gasteiger partial charge is 0.465 e. The second-order valence-corrected chi connectivity index (χ2v) is 4.36. The Hall–Kier alpha value is -1.32. The van der Waals surface area contributed by atoms with Gasteiger partial charge in [-0.1, -0.05) is 6.08 Å². The highest BCUT2D eigenvalue weighted by Gasteiger charge is 2.51. The molecule has 0 spiro atoms. The van der Waals surface area contributed by atoms with Gasteiger partial charge in [0.1, 0.15) is 11.5 Å². The zero-order valence-corrected chi connectivity index (χ0v) is 10.5. The summed E-state index contributed by atoms with van der Waals surface area (Å²) in [5, 5.41) is 0. The van der Waals surface area contributed by atoms with Gasteiger partial charge in [-0.2, -0.15) is 0 Å². The highest BCUT2D eigenvalue weighted by Crippen LogP contribution is 2.44. The maximum atomic E-state index is 12.1. The van der Waals surface area contributed by atoms with E-state index in [4.69, 9.17) is 9.47 Å². The van der Waals surface area contributed by atoms with Crippen LogP contribution in [0.1, 0.15) is 39.5 Å². The lowest BCUT2D eigenvalue weighted by Gasteiger charge is -2.31. The summed E-state index contributed by atoms with van der Waals surface area (Å²) in [7, 11) is 0. The van der Waals surface area contributed by atoms with Gasteiger partial charge < -0.3 is 9.47 Å². The number of hydrogen-bond donors (Lipinski definition) is 0. The van der Waals surface area contributed by atoms with E-state index in [-0.39, 0.29) is 18.0 Å². The number of allylic oxidation sites excluding steroid dienone is 1. The van der Waals surface area contributed by atoms with Gasteiger partial charge in [0.25, 0.3) is 0 Å². The van der Waals surface area contributed by atoms with Crippen LogP contribution in [0.25, 0.3) is 0 Å². The predicted molar refractivity (Wildman–Crippen MR) is 63.3 cm³/mol. The summed E-state index contributed by atoms with van der Waals surface area (Å²) in [4.78, 5) is 23.2. The molecular formula is C13H20O4. The fourth-order valence-corrected chi connectivity index (χ4v) is 2.49. The van der Waals surface area contributed by atoms with Gasteiger partial charge in [0, 0.05) is 6.92 Å². The Balaban J connectivity index is 2.91. The Morgan fingerprint density at radius 3 is 2.76 bits per heavy atom. The molecule has 1 saturated carbocycles. The van der Waals surface area contributed by atoms with Crippen molar-refractivity contribution in [2.24, 2.45) is 5.41 Å². The van der Waals surface area contributed by atoms with Crippen molar-refractivity contribution in [2.45, 2.75) is 45.6 Å². The maximum Gasteiger partial charge on any atom is 0.316 e. The fourth-order valence-electron chi connectivity index (χ4n) is 2.49. The number of carbonyl (C=O) groups excluding carboxylic acids is 2. The zero-order valence-electron chi connectivity index (χ0n) is 10.5.